The molecule has 1 aliphatic carbocycles. The zero-order valence-electron chi connectivity index (χ0n) is 12.5. The molecule has 1 saturated carbocycles. The van der Waals surface area contributed by atoms with E-state index in [9.17, 15) is 0 Å². The Morgan fingerprint density at radius 2 is 2.16 bits per heavy atom. The number of aryl methyl sites for hydroxylation is 1. The molecule has 0 saturated heterocycles. The molecule has 19 heavy (non-hydrogen) atoms. The van der Waals surface area contributed by atoms with Crippen molar-refractivity contribution in [3.8, 4) is 0 Å². The average molecular weight is 266 g/mol. The first kappa shape index (κ1) is 14.2. The third kappa shape index (κ3) is 3.41. The number of aromatic nitrogens is 2. The largest absolute Gasteiger partial charge is 0.394 e. The maximum absolute atomic E-state index is 6.20. The van der Waals surface area contributed by atoms with Gasteiger partial charge in [-0.05, 0) is 24.7 Å². The van der Waals surface area contributed by atoms with Gasteiger partial charge >= 0.3 is 0 Å². The molecule has 1 heterocycles. The Kier molecular flexibility index (Phi) is 4.34. The number of rotatable bonds is 7. The molecule has 0 amide bonds. The van der Waals surface area contributed by atoms with Gasteiger partial charge in [0.1, 0.15) is 5.82 Å². The van der Waals surface area contributed by atoms with Crippen LogP contribution in [0.4, 0.5) is 11.5 Å². The summed E-state index contributed by atoms with van der Waals surface area (Å²) in [5.74, 6) is 2.15. The van der Waals surface area contributed by atoms with Crippen molar-refractivity contribution in [1.82, 2.24) is 9.78 Å². The van der Waals surface area contributed by atoms with Gasteiger partial charge in [-0.1, -0.05) is 13.8 Å². The summed E-state index contributed by atoms with van der Waals surface area (Å²) in [4.78, 5) is 2.13. The first-order valence-corrected chi connectivity index (χ1v) is 7.12. The second-order valence-corrected chi connectivity index (χ2v) is 5.84. The van der Waals surface area contributed by atoms with Crippen LogP contribution in [0.1, 0.15) is 38.3 Å². The molecule has 0 atom stereocenters. The Morgan fingerprint density at radius 3 is 2.68 bits per heavy atom. The van der Waals surface area contributed by atoms with E-state index >= 15 is 0 Å². The first-order valence-electron chi connectivity index (χ1n) is 7.12. The summed E-state index contributed by atoms with van der Waals surface area (Å²) in [5, 5.41) is 4.51. The number of nitrogens with two attached hydrogens (primary N) is 1. The average Bonchev–Trinajstić information content (AvgIpc) is 3.10. The summed E-state index contributed by atoms with van der Waals surface area (Å²) in [7, 11) is 3.98. The lowest BCUT2D eigenvalue weighted by atomic mass is 10.1. The second-order valence-electron chi connectivity index (χ2n) is 5.84. The van der Waals surface area contributed by atoms with Crippen molar-refractivity contribution in [3.63, 3.8) is 0 Å². The molecule has 0 spiro atoms. The van der Waals surface area contributed by atoms with Crippen LogP contribution in [-0.4, -0.2) is 36.6 Å². The van der Waals surface area contributed by atoms with Gasteiger partial charge < -0.3 is 15.4 Å². The summed E-state index contributed by atoms with van der Waals surface area (Å²) in [5.41, 5.74) is 7.97. The van der Waals surface area contributed by atoms with Crippen molar-refractivity contribution >= 4 is 11.5 Å². The Hall–Kier alpha value is -1.23. The van der Waals surface area contributed by atoms with Crippen LogP contribution in [0.25, 0.3) is 0 Å². The molecule has 0 unspecified atom stereocenters. The lowest BCUT2D eigenvalue weighted by Crippen LogP contribution is -2.25. The van der Waals surface area contributed by atoms with E-state index < -0.39 is 0 Å². The van der Waals surface area contributed by atoms with Gasteiger partial charge in [-0.25, -0.2) is 0 Å². The van der Waals surface area contributed by atoms with Crippen LogP contribution < -0.4 is 10.6 Å². The molecular formula is C14H26N4O. The van der Waals surface area contributed by atoms with Crippen LogP contribution in [0, 0.1) is 5.92 Å². The Bertz CT molecular complexity index is 423. The zero-order chi connectivity index (χ0) is 14.0. The standard InChI is InChI=1S/C14H26N4O/c1-10(2)13-12(15)14(18(4)16-13)17(3)7-8-19-9-11-5-6-11/h10-11H,5-9,15H2,1-4H3. The van der Waals surface area contributed by atoms with Crippen molar-refractivity contribution in [2.45, 2.75) is 32.6 Å². The van der Waals surface area contributed by atoms with E-state index in [2.05, 4.69) is 23.8 Å². The molecule has 0 radical (unpaired) electrons. The van der Waals surface area contributed by atoms with Crippen LogP contribution in [-0.2, 0) is 11.8 Å². The zero-order valence-corrected chi connectivity index (χ0v) is 12.5. The van der Waals surface area contributed by atoms with Crippen LogP contribution >= 0.6 is 0 Å². The quantitative estimate of drug-likeness (QED) is 0.767. The fourth-order valence-electron chi connectivity index (χ4n) is 2.27. The lowest BCUT2D eigenvalue weighted by Gasteiger charge is -2.20. The minimum atomic E-state index is 0.347. The van der Waals surface area contributed by atoms with Gasteiger partial charge in [0.25, 0.3) is 0 Å². The number of anilines is 2. The van der Waals surface area contributed by atoms with E-state index in [0.29, 0.717) is 5.92 Å². The van der Waals surface area contributed by atoms with Crippen molar-refractivity contribution in [2.24, 2.45) is 13.0 Å². The van der Waals surface area contributed by atoms with Crippen LogP contribution in [0.5, 0.6) is 0 Å². The third-order valence-corrected chi connectivity index (χ3v) is 3.61. The summed E-state index contributed by atoms with van der Waals surface area (Å²) in [6.07, 6.45) is 2.67. The molecule has 108 valence electrons. The number of ether oxygens (including phenoxy) is 1. The van der Waals surface area contributed by atoms with Crippen molar-refractivity contribution in [2.75, 3.05) is 37.4 Å². The molecule has 5 nitrogen and oxygen atoms in total. The van der Waals surface area contributed by atoms with E-state index in [4.69, 9.17) is 10.5 Å². The second kappa shape index (κ2) is 5.82. The van der Waals surface area contributed by atoms with Crippen LogP contribution in [0.3, 0.4) is 0 Å². The molecule has 0 aliphatic heterocycles. The van der Waals surface area contributed by atoms with Gasteiger partial charge in [0.05, 0.1) is 18.0 Å². The Labute approximate surface area is 115 Å². The normalized spacial score (nSPS) is 15.2. The topological polar surface area (TPSA) is 56.3 Å². The Balaban J connectivity index is 1.91. The molecule has 1 aliphatic rings. The van der Waals surface area contributed by atoms with Gasteiger partial charge in [0.2, 0.25) is 0 Å². The fraction of sp³-hybridized carbons (Fsp3) is 0.786. The van der Waals surface area contributed by atoms with E-state index in [0.717, 1.165) is 42.9 Å². The predicted octanol–water partition coefficient (Wildman–Crippen LogP) is 1.99. The third-order valence-electron chi connectivity index (χ3n) is 3.61. The van der Waals surface area contributed by atoms with E-state index in [1.165, 1.54) is 12.8 Å². The molecule has 5 heteroatoms. The van der Waals surface area contributed by atoms with Crippen molar-refractivity contribution < 1.29 is 4.74 Å². The highest BCUT2D eigenvalue weighted by Gasteiger charge is 2.21. The molecule has 0 bridgehead atoms. The molecule has 1 aromatic rings. The highest BCUT2D eigenvalue weighted by Crippen LogP contribution is 2.30. The highest BCUT2D eigenvalue weighted by molar-refractivity contribution is 5.66. The number of hydrogen-bond donors (Lipinski definition) is 1. The van der Waals surface area contributed by atoms with Crippen molar-refractivity contribution in [3.05, 3.63) is 5.69 Å². The summed E-state index contributed by atoms with van der Waals surface area (Å²) in [6, 6.07) is 0. The van der Waals surface area contributed by atoms with Crippen molar-refractivity contribution in [1.29, 1.82) is 0 Å². The van der Waals surface area contributed by atoms with Crippen LogP contribution in [0.15, 0.2) is 0 Å². The number of hydrogen-bond acceptors (Lipinski definition) is 4. The lowest BCUT2D eigenvalue weighted by molar-refractivity contribution is 0.130. The molecule has 1 aromatic heterocycles. The van der Waals surface area contributed by atoms with Gasteiger partial charge in [-0.15, -0.1) is 0 Å². The van der Waals surface area contributed by atoms with Gasteiger partial charge in [0.15, 0.2) is 0 Å². The summed E-state index contributed by atoms with van der Waals surface area (Å²) >= 11 is 0. The monoisotopic (exact) mass is 266 g/mol. The maximum Gasteiger partial charge on any atom is 0.150 e. The summed E-state index contributed by atoms with van der Waals surface area (Å²) in [6.45, 7) is 6.72. The Morgan fingerprint density at radius 1 is 1.47 bits per heavy atom. The molecule has 2 rings (SSSR count). The highest BCUT2D eigenvalue weighted by atomic mass is 16.5. The number of nitrogen functional groups attached to an aromatic ring is 1. The van der Waals surface area contributed by atoms with Gasteiger partial charge in [-0.3, -0.25) is 4.68 Å². The predicted molar refractivity (Wildman–Crippen MR) is 78.5 cm³/mol. The minimum Gasteiger partial charge on any atom is -0.394 e. The maximum atomic E-state index is 6.20. The molecular weight excluding hydrogens is 240 g/mol. The van der Waals surface area contributed by atoms with Gasteiger partial charge in [-0.2, -0.15) is 5.10 Å². The SMILES string of the molecule is CC(C)c1nn(C)c(N(C)CCOCC2CC2)c1N. The van der Waals surface area contributed by atoms with E-state index in [-0.39, 0.29) is 0 Å². The molecule has 1 fully saturated rings. The van der Waals surface area contributed by atoms with Crippen LogP contribution in [0.2, 0.25) is 0 Å². The van der Waals surface area contributed by atoms with E-state index in [1.807, 2.05) is 18.8 Å². The smallest absolute Gasteiger partial charge is 0.150 e. The summed E-state index contributed by atoms with van der Waals surface area (Å²) < 4.78 is 7.54. The molecule has 2 N–H and O–H groups in total. The minimum absolute atomic E-state index is 0.347. The number of likely N-dealkylation sites (N-methyl/N-ethyl adjacent to an activating group) is 1. The first-order chi connectivity index (χ1) is 9.00. The molecule has 0 aromatic carbocycles. The number of nitrogens with zero attached hydrogens (tertiary/aromatic N) is 3. The fourth-order valence-corrected chi connectivity index (χ4v) is 2.27. The van der Waals surface area contributed by atoms with Gasteiger partial charge in [0, 0.05) is 27.2 Å². The van der Waals surface area contributed by atoms with E-state index in [1.54, 1.807) is 0 Å².